The zero-order chi connectivity index (χ0) is 23.5. The molecule has 10 nitrogen and oxygen atoms in total. The fourth-order valence-electron chi connectivity index (χ4n) is 4.01. The molecule has 1 saturated heterocycles. The van der Waals surface area contributed by atoms with Gasteiger partial charge in [0, 0.05) is 6.54 Å². The molecular formula is C22H27N5O5S. The van der Waals surface area contributed by atoms with Gasteiger partial charge in [-0.15, -0.1) is 8.80 Å². The van der Waals surface area contributed by atoms with E-state index in [9.17, 15) is 19.2 Å². The van der Waals surface area contributed by atoms with Crippen LogP contribution in [0.15, 0.2) is 43.5 Å². The summed E-state index contributed by atoms with van der Waals surface area (Å²) in [5.41, 5.74) is 0.346. The van der Waals surface area contributed by atoms with E-state index in [0.29, 0.717) is 18.7 Å². The molecule has 33 heavy (non-hydrogen) atoms. The topological polar surface area (TPSA) is 140 Å². The summed E-state index contributed by atoms with van der Waals surface area (Å²) >= 11 is -1.82. The molecular weight excluding hydrogens is 446 g/mol. The predicted octanol–water partition coefficient (Wildman–Crippen LogP) is 2.43. The number of hydrogen-bond acceptors (Lipinski definition) is 7. The molecule has 0 radical (unpaired) electrons. The number of aliphatic hydroxyl groups is 1. The number of amidine groups is 2. The number of likely N-dealkylation sites (tertiary alicyclic amines) is 1. The first-order valence-electron chi connectivity index (χ1n) is 10.8. The maximum absolute atomic E-state index is 13.0. The zero-order valence-electron chi connectivity index (χ0n) is 18.4. The molecule has 0 bridgehead atoms. The highest BCUT2D eigenvalue weighted by atomic mass is 32.2. The highest BCUT2D eigenvalue weighted by molar-refractivity contribution is 7.83. The van der Waals surface area contributed by atoms with Gasteiger partial charge in [-0.1, -0.05) is 13.0 Å². The van der Waals surface area contributed by atoms with Crippen LogP contribution < -0.4 is 10.6 Å². The molecule has 1 fully saturated rings. The number of aryl methyl sites for hydroxylation is 1. The second-order valence-electron chi connectivity index (χ2n) is 7.97. The minimum atomic E-state index is -1.82. The summed E-state index contributed by atoms with van der Waals surface area (Å²) in [5.74, 6) is 1.35. The van der Waals surface area contributed by atoms with Gasteiger partial charge in [-0.3, -0.25) is 4.79 Å². The third kappa shape index (κ3) is 4.79. The smallest absolute Gasteiger partial charge is 0.269 e. The van der Waals surface area contributed by atoms with Gasteiger partial charge in [0.1, 0.15) is 11.5 Å². The molecule has 0 spiro atoms. The minimum Gasteiger partial charge on any atom is -0.505 e. The molecule has 3 atom stereocenters. The lowest BCUT2D eigenvalue weighted by molar-refractivity contribution is 0.0674. The number of aliphatic hydroxyl groups excluding tert-OH is 1. The van der Waals surface area contributed by atoms with Crippen molar-refractivity contribution in [2.45, 2.75) is 45.2 Å². The number of furan rings is 1. The average molecular weight is 474 g/mol. The van der Waals surface area contributed by atoms with Gasteiger partial charge in [0.25, 0.3) is 17.1 Å². The van der Waals surface area contributed by atoms with Gasteiger partial charge >= 0.3 is 0 Å². The van der Waals surface area contributed by atoms with Crippen molar-refractivity contribution in [2.75, 3.05) is 18.5 Å². The summed E-state index contributed by atoms with van der Waals surface area (Å²) in [5, 5.41) is 26.5. The Morgan fingerprint density at radius 3 is 2.79 bits per heavy atom. The van der Waals surface area contributed by atoms with Crippen LogP contribution >= 0.6 is 0 Å². The first-order chi connectivity index (χ1) is 15.9. The van der Waals surface area contributed by atoms with Crippen molar-refractivity contribution >= 4 is 34.4 Å². The lowest BCUT2D eigenvalue weighted by Gasteiger charge is -2.24. The van der Waals surface area contributed by atoms with Crippen LogP contribution in [0.1, 0.15) is 54.1 Å². The van der Waals surface area contributed by atoms with Crippen LogP contribution in [0.3, 0.4) is 0 Å². The number of hydrogen-bond donors (Lipinski definition) is 4. The largest absolute Gasteiger partial charge is 0.505 e. The van der Waals surface area contributed by atoms with Gasteiger partial charge in [-0.2, -0.15) is 0 Å². The highest BCUT2D eigenvalue weighted by Gasteiger charge is 2.31. The van der Waals surface area contributed by atoms with Crippen LogP contribution in [0.5, 0.6) is 5.75 Å². The van der Waals surface area contributed by atoms with Crippen molar-refractivity contribution in [3.63, 3.8) is 0 Å². The molecule has 4 rings (SSSR count). The van der Waals surface area contributed by atoms with Crippen LogP contribution in [0.25, 0.3) is 0 Å². The summed E-state index contributed by atoms with van der Waals surface area (Å²) in [7, 11) is 0. The number of nitrogens with one attached hydrogen (secondary N) is 2. The maximum atomic E-state index is 13.0. The van der Waals surface area contributed by atoms with Crippen molar-refractivity contribution in [1.29, 1.82) is 0 Å². The molecule has 3 heterocycles. The molecule has 2 unspecified atom stereocenters. The number of aromatic hydroxyl groups is 1. The number of rotatable bonds is 6. The number of phenolic OH excluding ortho intramolecular Hbond substituents is 1. The highest BCUT2D eigenvalue weighted by Crippen LogP contribution is 2.31. The second-order valence-corrected chi connectivity index (χ2v) is 8.79. The Hall–Kier alpha value is -3.18. The summed E-state index contributed by atoms with van der Waals surface area (Å²) in [6.07, 6.45) is 2.21. The lowest BCUT2D eigenvalue weighted by atomic mass is 10.1. The number of carbonyl (C=O) groups excluding carboxylic acids is 1. The molecule has 1 aromatic heterocycles. The summed E-state index contributed by atoms with van der Waals surface area (Å²) in [4.78, 5) is 14.6. The third-order valence-electron chi connectivity index (χ3n) is 5.76. The standard InChI is InChI=1S/C22H27N5O5S/c1-3-16(18-10-9-13(2)32-18)23-20-21(26-33(31)25-20)24-17-8-4-7-15(19(17)29)22(30)27-11-5-6-14(27)12-28/h4,7-10,14,16,28-29H,3,5-6,11-12H2,1-2H3,(H,23,25)(H,24,26)/t14-,16?,33?/m0/s1. The quantitative estimate of drug-likeness (QED) is 0.473. The first-order valence-corrected chi connectivity index (χ1v) is 11.9. The van der Waals surface area contributed by atoms with E-state index in [1.165, 1.54) is 6.07 Å². The molecule has 176 valence electrons. The van der Waals surface area contributed by atoms with E-state index in [1.54, 1.807) is 17.0 Å². The van der Waals surface area contributed by atoms with E-state index < -0.39 is 11.2 Å². The Morgan fingerprint density at radius 1 is 1.30 bits per heavy atom. The number of nitrogens with zero attached hydrogens (tertiary/aromatic N) is 3. The monoisotopic (exact) mass is 473 g/mol. The zero-order valence-corrected chi connectivity index (χ0v) is 19.3. The molecule has 4 N–H and O–H groups in total. The number of anilines is 1. The van der Waals surface area contributed by atoms with Crippen LogP contribution in [0.2, 0.25) is 0 Å². The fraction of sp³-hybridized carbons (Fsp3) is 0.409. The fourth-order valence-corrected chi connectivity index (χ4v) is 4.64. The number of para-hydroxylation sites is 1. The van der Waals surface area contributed by atoms with Crippen molar-refractivity contribution < 1.29 is 23.6 Å². The van der Waals surface area contributed by atoms with Crippen LogP contribution in [-0.2, 0) is 11.2 Å². The molecule has 2 aromatic rings. The van der Waals surface area contributed by atoms with Gasteiger partial charge in [-0.05, 0) is 50.5 Å². The SMILES string of the molecule is CCC(NC1=NS(=O)N=C1Nc1cccc(C(=O)N2CCC[C@H]2CO)c1O)c1ccc(C)o1. The summed E-state index contributed by atoms with van der Waals surface area (Å²) in [6, 6.07) is 8.02. The Labute approximate surface area is 194 Å². The van der Waals surface area contributed by atoms with E-state index in [1.807, 2.05) is 26.0 Å². The molecule has 11 heteroatoms. The Bertz CT molecular complexity index is 1130. The van der Waals surface area contributed by atoms with Crippen LogP contribution in [0, 0.1) is 6.92 Å². The molecule has 1 amide bonds. The van der Waals surface area contributed by atoms with Gasteiger partial charge < -0.3 is 30.2 Å². The minimum absolute atomic E-state index is 0.115. The number of phenols is 1. The molecule has 2 aliphatic rings. The van der Waals surface area contributed by atoms with E-state index in [4.69, 9.17) is 4.42 Å². The van der Waals surface area contributed by atoms with Crippen molar-refractivity contribution in [1.82, 2.24) is 10.2 Å². The van der Waals surface area contributed by atoms with Crippen molar-refractivity contribution in [3.05, 3.63) is 47.4 Å². The normalized spacial score (nSPS) is 21.0. The average Bonchev–Trinajstić information content (AvgIpc) is 3.53. The number of amides is 1. The number of benzene rings is 1. The molecule has 0 aliphatic carbocycles. The summed E-state index contributed by atoms with van der Waals surface area (Å²) < 4.78 is 25.8. The molecule has 1 aromatic carbocycles. The van der Waals surface area contributed by atoms with E-state index in [-0.39, 0.29) is 53.3 Å². The Morgan fingerprint density at radius 2 is 2.09 bits per heavy atom. The van der Waals surface area contributed by atoms with Gasteiger partial charge in [0.05, 0.1) is 29.9 Å². The predicted molar refractivity (Wildman–Crippen MR) is 125 cm³/mol. The molecule has 2 aliphatic heterocycles. The number of carbonyl (C=O) groups is 1. The van der Waals surface area contributed by atoms with E-state index in [0.717, 1.165) is 18.6 Å². The van der Waals surface area contributed by atoms with Crippen LogP contribution in [0.4, 0.5) is 5.69 Å². The lowest BCUT2D eigenvalue weighted by Crippen LogP contribution is -2.38. The van der Waals surface area contributed by atoms with Gasteiger partial charge in [-0.25, -0.2) is 4.21 Å². The Balaban J connectivity index is 1.54. The van der Waals surface area contributed by atoms with Crippen molar-refractivity contribution in [2.24, 2.45) is 8.80 Å². The van der Waals surface area contributed by atoms with E-state index in [2.05, 4.69) is 19.4 Å². The van der Waals surface area contributed by atoms with Crippen LogP contribution in [-0.4, -0.2) is 56.1 Å². The van der Waals surface area contributed by atoms with Gasteiger partial charge in [0.2, 0.25) is 0 Å². The maximum Gasteiger partial charge on any atom is 0.269 e. The third-order valence-corrected chi connectivity index (χ3v) is 6.43. The molecule has 0 saturated carbocycles. The summed E-state index contributed by atoms with van der Waals surface area (Å²) in [6.45, 7) is 4.24. The Kier molecular flexibility index (Phi) is 6.80. The first kappa shape index (κ1) is 23.0. The second kappa shape index (κ2) is 9.75. The van der Waals surface area contributed by atoms with Gasteiger partial charge in [0.15, 0.2) is 17.4 Å². The van der Waals surface area contributed by atoms with Crippen molar-refractivity contribution in [3.8, 4) is 5.75 Å². The van der Waals surface area contributed by atoms with E-state index >= 15 is 0 Å².